The van der Waals surface area contributed by atoms with Crippen molar-refractivity contribution in [3.8, 4) is 0 Å². The van der Waals surface area contributed by atoms with Crippen LogP contribution in [0.25, 0.3) is 0 Å². The van der Waals surface area contributed by atoms with Crippen LogP contribution in [-0.4, -0.2) is 30.6 Å². The highest BCUT2D eigenvalue weighted by Gasteiger charge is 2.34. The Kier molecular flexibility index (Phi) is 6.06. The van der Waals surface area contributed by atoms with Crippen molar-refractivity contribution in [2.45, 2.75) is 52.1 Å². The molecule has 0 amide bonds. The van der Waals surface area contributed by atoms with Gasteiger partial charge in [-0.05, 0) is 37.3 Å². The van der Waals surface area contributed by atoms with Gasteiger partial charge in [-0.15, -0.1) is 0 Å². The highest BCUT2D eigenvalue weighted by Crippen LogP contribution is 2.34. The molecule has 1 fully saturated rings. The first-order chi connectivity index (χ1) is 9.72. The van der Waals surface area contributed by atoms with Crippen molar-refractivity contribution < 1.29 is 0 Å². The van der Waals surface area contributed by atoms with Crippen LogP contribution < -0.4 is 5.32 Å². The van der Waals surface area contributed by atoms with E-state index in [1.54, 1.807) is 0 Å². The first kappa shape index (κ1) is 15.5. The summed E-state index contributed by atoms with van der Waals surface area (Å²) in [6, 6.07) is 12.4. The van der Waals surface area contributed by atoms with E-state index in [0.29, 0.717) is 6.04 Å². The number of hydrogen-bond acceptors (Lipinski definition) is 2. The fourth-order valence-corrected chi connectivity index (χ4v) is 2.88. The van der Waals surface area contributed by atoms with E-state index in [0.717, 1.165) is 25.0 Å². The second-order valence-electron chi connectivity index (χ2n) is 6.45. The first-order valence-corrected chi connectivity index (χ1v) is 8.23. The van der Waals surface area contributed by atoms with E-state index in [1.807, 2.05) is 0 Å². The largest absolute Gasteiger partial charge is 0.315 e. The molecule has 20 heavy (non-hydrogen) atoms. The summed E-state index contributed by atoms with van der Waals surface area (Å²) in [6.07, 6.45) is 3.96. The lowest BCUT2D eigenvalue weighted by Gasteiger charge is -2.34. The van der Waals surface area contributed by atoms with E-state index >= 15 is 0 Å². The van der Waals surface area contributed by atoms with Gasteiger partial charge in [0.05, 0.1) is 0 Å². The maximum atomic E-state index is 3.63. The van der Waals surface area contributed by atoms with Crippen LogP contribution in [0.3, 0.4) is 0 Å². The van der Waals surface area contributed by atoms with Gasteiger partial charge in [0, 0.05) is 25.2 Å². The molecule has 0 bridgehead atoms. The third kappa shape index (κ3) is 4.60. The smallest absolute Gasteiger partial charge is 0.0475 e. The zero-order chi connectivity index (χ0) is 14.4. The van der Waals surface area contributed by atoms with E-state index in [-0.39, 0.29) is 0 Å². The Morgan fingerprint density at radius 3 is 2.45 bits per heavy atom. The van der Waals surface area contributed by atoms with Gasteiger partial charge in [-0.3, -0.25) is 4.90 Å². The summed E-state index contributed by atoms with van der Waals surface area (Å²) < 4.78 is 0. The van der Waals surface area contributed by atoms with Crippen LogP contribution in [0.4, 0.5) is 0 Å². The summed E-state index contributed by atoms with van der Waals surface area (Å²) in [4.78, 5) is 2.74. The third-order valence-corrected chi connectivity index (χ3v) is 3.94. The van der Waals surface area contributed by atoms with Crippen LogP contribution >= 0.6 is 0 Å². The molecule has 1 aliphatic rings. The van der Waals surface area contributed by atoms with Gasteiger partial charge in [-0.25, -0.2) is 0 Å². The number of rotatable bonds is 9. The fraction of sp³-hybridized carbons (Fsp3) is 0.667. The molecule has 0 saturated heterocycles. The Morgan fingerprint density at radius 2 is 1.90 bits per heavy atom. The Balaban J connectivity index is 2.10. The maximum Gasteiger partial charge on any atom is 0.0475 e. The second kappa shape index (κ2) is 7.80. The lowest BCUT2D eigenvalue weighted by atomic mass is 10.0. The minimum atomic E-state index is 0.526. The molecule has 1 aliphatic carbocycles. The van der Waals surface area contributed by atoms with E-state index in [2.05, 4.69) is 61.3 Å². The topological polar surface area (TPSA) is 15.3 Å². The van der Waals surface area contributed by atoms with Crippen LogP contribution in [0, 0.1) is 5.92 Å². The minimum absolute atomic E-state index is 0.526. The predicted molar refractivity (Wildman–Crippen MR) is 86.9 cm³/mol. The van der Waals surface area contributed by atoms with Gasteiger partial charge in [0.25, 0.3) is 0 Å². The van der Waals surface area contributed by atoms with Crippen molar-refractivity contribution in [2.24, 2.45) is 5.92 Å². The molecule has 112 valence electrons. The SMILES string of the molecule is CCCNCC(c1ccccc1)N(CC(C)C)C1CC1. The van der Waals surface area contributed by atoms with Gasteiger partial charge in [0.1, 0.15) is 0 Å². The van der Waals surface area contributed by atoms with Crippen molar-refractivity contribution >= 4 is 0 Å². The zero-order valence-electron chi connectivity index (χ0n) is 13.3. The van der Waals surface area contributed by atoms with E-state index in [9.17, 15) is 0 Å². The fourth-order valence-electron chi connectivity index (χ4n) is 2.88. The molecule has 2 nitrogen and oxygen atoms in total. The third-order valence-electron chi connectivity index (χ3n) is 3.94. The number of hydrogen-bond donors (Lipinski definition) is 1. The summed E-state index contributed by atoms with van der Waals surface area (Å²) in [5.41, 5.74) is 1.46. The number of benzene rings is 1. The van der Waals surface area contributed by atoms with Gasteiger partial charge in [-0.2, -0.15) is 0 Å². The Hall–Kier alpha value is -0.860. The summed E-state index contributed by atoms with van der Waals surface area (Å²) in [7, 11) is 0. The number of nitrogens with one attached hydrogen (secondary N) is 1. The molecule has 1 atom stereocenters. The van der Waals surface area contributed by atoms with Gasteiger partial charge >= 0.3 is 0 Å². The Bertz CT molecular complexity index is 370. The summed E-state index contributed by atoms with van der Waals surface area (Å²) in [5.74, 6) is 0.730. The molecule has 1 aromatic rings. The van der Waals surface area contributed by atoms with E-state index < -0.39 is 0 Å². The zero-order valence-corrected chi connectivity index (χ0v) is 13.3. The Morgan fingerprint density at radius 1 is 1.20 bits per heavy atom. The highest BCUT2D eigenvalue weighted by molar-refractivity contribution is 5.20. The molecule has 0 aromatic heterocycles. The van der Waals surface area contributed by atoms with Crippen molar-refractivity contribution in [1.29, 1.82) is 0 Å². The van der Waals surface area contributed by atoms with Crippen LogP contribution in [0.1, 0.15) is 51.6 Å². The lowest BCUT2D eigenvalue weighted by molar-refractivity contribution is 0.162. The molecule has 0 aliphatic heterocycles. The van der Waals surface area contributed by atoms with Crippen LogP contribution in [0.15, 0.2) is 30.3 Å². The summed E-state index contributed by atoms with van der Waals surface area (Å²) in [5, 5.41) is 3.63. The average Bonchev–Trinajstić information content (AvgIpc) is 3.27. The first-order valence-electron chi connectivity index (χ1n) is 8.23. The molecular formula is C18H30N2. The standard InChI is InChI=1S/C18H30N2/c1-4-12-19-13-18(16-8-6-5-7-9-16)20(14-15(2)3)17-10-11-17/h5-9,15,17-19H,4,10-14H2,1-3H3. The molecule has 0 radical (unpaired) electrons. The predicted octanol–water partition coefficient (Wildman–Crippen LogP) is 3.85. The molecule has 1 unspecified atom stereocenters. The average molecular weight is 274 g/mol. The highest BCUT2D eigenvalue weighted by atomic mass is 15.2. The normalized spacial score (nSPS) is 16.9. The minimum Gasteiger partial charge on any atom is -0.315 e. The van der Waals surface area contributed by atoms with Gasteiger partial charge in [0.15, 0.2) is 0 Å². The molecule has 1 saturated carbocycles. The second-order valence-corrected chi connectivity index (χ2v) is 6.45. The maximum absolute atomic E-state index is 3.63. The molecule has 1 aromatic carbocycles. The quantitative estimate of drug-likeness (QED) is 0.688. The van der Waals surface area contributed by atoms with Crippen LogP contribution in [0.5, 0.6) is 0 Å². The van der Waals surface area contributed by atoms with E-state index in [1.165, 1.54) is 31.4 Å². The van der Waals surface area contributed by atoms with Crippen molar-refractivity contribution in [3.05, 3.63) is 35.9 Å². The molecule has 0 spiro atoms. The van der Waals surface area contributed by atoms with Crippen molar-refractivity contribution in [3.63, 3.8) is 0 Å². The number of nitrogens with zero attached hydrogens (tertiary/aromatic N) is 1. The molecule has 2 rings (SSSR count). The van der Waals surface area contributed by atoms with Gasteiger partial charge < -0.3 is 5.32 Å². The van der Waals surface area contributed by atoms with Crippen molar-refractivity contribution in [2.75, 3.05) is 19.6 Å². The van der Waals surface area contributed by atoms with E-state index in [4.69, 9.17) is 0 Å². The molecule has 0 heterocycles. The molecule has 2 heteroatoms. The van der Waals surface area contributed by atoms with Crippen LogP contribution in [-0.2, 0) is 0 Å². The summed E-state index contributed by atoms with van der Waals surface area (Å²) in [6.45, 7) is 10.3. The molecule has 1 N–H and O–H groups in total. The molecular weight excluding hydrogens is 244 g/mol. The Labute approximate surface area is 124 Å². The monoisotopic (exact) mass is 274 g/mol. The van der Waals surface area contributed by atoms with Gasteiger partial charge in [0.2, 0.25) is 0 Å². The van der Waals surface area contributed by atoms with Gasteiger partial charge in [-0.1, -0.05) is 51.1 Å². The summed E-state index contributed by atoms with van der Waals surface area (Å²) >= 11 is 0. The van der Waals surface area contributed by atoms with Crippen LogP contribution in [0.2, 0.25) is 0 Å². The van der Waals surface area contributed by atoms with Crippen molar-refractivity contribution in [1.82, 2.24) is 10.2 Å². The lowest BCUT2D eigenvalue weighted by Crippen LogP contribution is -2.39.